The summed E-state index contributed by atoms with van der Waals surface area (Å²) in [5, 5.41) is 0. The van der Waals surface area contributed by atoms with Gasteiger partial charge in [0.25, 0.3) is 0 Å². The summed E-state index contributed by atoms with van der Waals surface area (Å²) in [7, 11) is 1.90. The van der Waals surface area contributed by atoms with E-state index in [-0.39, 0.29) is 17.4 Å². The zero-order chi connectivity index (χ0) is 12.4. The maximum atomic E-state index is 12.4. The lowest BCUT2D eigenvalue weighted by molar-refractivity contribution is -0.147. The summed E-state index contributed by atoms with van der Waals surface area (Å²) in [5.74, 6) is 1.000. The first-order valence-electron chi connectivity index (χ1n) is 5.92. The molecule has 0 aromatic heterocycles. The predicted molar refractivity (Wildman–Crippen MR) is 65.7 cm³/mol. The van der Waals surface area contributed by atoms with Gasteiger partial charge in [-0.05, 0) is 25.7 Å². The van der Waals surface area contributed by atoms with Gasteiger partial charge in [-0.1, -0.05) is 34.6 Å². The van der Waals surface area contributed by atoms with Crippen molar-refractivity contribution < 1.29 is 4.79 Å². The minimum Gasteiger partial charge on any atom is -0.343 e. The molecule has 0 saturated carbocycles. The highest BCUT2D eigenvalue weighted by Gasteiger charge is 2.41. The van der Waals surface area contributed by atoms with Crippen molar-refractivity contribution in [2.45, 2.75) is 54.5 Å². The molecule has 1 amide bonds. The Bertz CT molecular complexity index is 211. The summed E-state index contributed by atoms with van der Waals surface area (Å²) in [6, 6.07) is 0.273. The van der Waals surface area contributed by atoms with Gasteiger partial charge in [-0.15, -0.1) is 0 Å². The number of rotatable bonds is 4. The second-order valence-electron chi connectivity index (χ2n) is 5.60. The summed E-state index contributed by atoms with van der Waals surface area (Å²) in [5.41, 5.74) is -0.251. The second kappa shape index (κ2) is 5.00. The minimum atomic E-state index is -0.251. The van der Waals surface area contributed by atoms with Crippen LogP contribution in [0, 0.1) is 17.3 Å². The fraction of sp³-hybridized carbons (Fsp3) is 0.923. The van der Waals surface area contributed by atoms with E-state index in [4.69, 9.17) is 0 Å². The van der Waals surface area contributed by atoms with E-state index >= 15 is 0 Å². The normalized spacial score (nSPS) is 12.7. The largest absolute Gasteiger partial charge is 0.343 e. The molecule has 0 spiro atoms. The number of hydrogen-bond acceptors (Lipinski definition) is 1. The smallest absolute Gasteiger partial charge is 0.228 e. The van der Waals surface area contributed by atoms with Crippen LogP contribution in [-0.4, -0.2) is 23.9 Å². The van der Waals surface area contributed by atoms with Crippen LogP contribution >= 0.6 is 0 Å². The van der Waals surface area contributed by atoms with Crippen molar-refractivity contribution in [2.24, 2.45) is 17.3 Å². The van der Waals surface area contributed by atoms with E-state index in [0.717, 1.165) is 0 Å². The summed E-state index contributed by atoms with van der Waals surface area (Å²) < 4.78 is 0. The highest BCUT2D eigenvalue weighted by atomic mass is 16.2. The first kappa shape index (κ1) is 14.5. The third kappa shape index (κ3) is 2.73. The zero-order valence-corrected chi connectivity index (χ0v) is 11.6. The van der Waals surface area contributed by atoms with E-state index in [2.05, 4.69) is 48.5 Å². The van der Waals surface area contributed by atoms with Crippen LogP contribution in [0.5, 0.6) is 0 Å². The fourth-order valence-corrected chi connectivity index (χ4v) is 1.78. The number of carbonyl (C=O) groups is 1. The molecule has 0 N–H and O–H groups in total. The number of hydrogen-bond donors (Lipinski definition) is 0. The number of amides is 1. The molecule has 0 saturated heterocycles. The molecular weight excluding hydrogens is 186 g/mol. The van der Waals surface area contributed by atoms with Crippen LogP contribution in [0.25, 0.3) is 0 Å². The number of carbonyl (C=O) groups excluding carboxylic acids is 1. The van der Waals surface area contributed by atoms with E-state index in [1.807, 2.05) is 11.9 Å². The molecule has 0 unspecified atom stereocenters. The predicted octanol–water partition coefficient (Wildman–Crippen LogP) is 3.17. The Morgan fingerprint density at radius 1 is 1.00 bits per heavy atom. The van der Waals surface area contributed by atoms with E-state index in [1.54, 1.807) is 0 Å². The van der Waals surface area contributed by atoms with Crippen molar-refractivity contribution in [2.75, 3.05) is 7.05 Å². The molecule has 0 aromatic carbocycles. The number of nitrogens with zero attached hydrogens (tertiary/aromatic N) is 1. The third-order valence-corrected chi connectivity index (χ3v) is 3.95. The zero-order valence-electron chi connectivity index (χ0n) is 11.6. The van der Waals surface area contributed by atoms with E-state index in [9.17, 15) is 4.79 Å². The van der Waals surface area contributed by atoms with Gasteiger partial charge in [0.1, 0.15) is 0 Å². The summed E-state index contributed by atoms with van der Waals surface area (Å²) in [6.45, 7) is 14.7. The van der Waals surface area contributed by atoms with Gasteiger partial charge in [-0.25, -0.2) is 0 Å². The highest BCUT2D eigenvalue weighted by molar-refractivity contribution is 5.82. The molecule has 0 aliphatic carbocycles. The summed E-state index contributed by atoms with van der Waals surface area (Å²) in [4.78, 5) is 14.3. The van der Waals surface area contributed by atoms with E-state index < -0.39 is 0 Å². The van der Waals surface area contributed by atoms with Crippen LogP contribution in [-0.2, 0) is 4.79 Å². The van der Waals surface area contributed by atoms with Crippen molar-refractivity contribution in [3.8, 4) is 0 Å². The standard InChI is InChI=1S/C13H27NO/c1-9(2)13(7,10(3)4)12(15)14(8)11(5)6/h9-11H,1-8H3. The van der Waals surface area contributed by atoms with Gasteiger partial charge < -0.3 is 4.90 Å². The Labute approximate surface area is 95.0 Å². The Balaban J connectivity index is 5.04. The maximum absolute atomic E-state index is 12.4. The van der Waals surface area contributed by atoms with Gasteiger partial charge in [0.2, 0.25) is 5.91 Å². The van der Waals surface area contributed by atoms with Gasteiger partial charge in [-0.2, -0.15) is 0 Å². The van der Waals surface area contributed by atoms with Gasteiger partial charge in [0, 0.05) is 13.1 Å². The SMILES string of the molecule is CC(C)N(C)C(=O)C(C)(C(C)C)C(C)C. The maximum Gasteiger partial charge on any atom is 0.228 e. The molecule has 0 heterocycles. The molecule has 0 aliphatic heterocycles. The first-order valence-corrected chi connectivity index (χ1v) is 5.92. The lowest BCUT2D eigenvalue weighted by atomic mass is 9.69. The van der Waals surface area contributed by atoms with E-state index in [1.165, 1.54) is 0 Å². The molecule has 0 bridgehead atoms. The molecular formula is C13H27NO. The second-order valence-corrected chi connectivity index (χ2v) is 5.60. The molecule has 0 rings (SSSR count). The van der Waals surface area contributed by atoms with Gasteiger partial charge >= 0.3 is 0 Å². The van der Waals surface area contributed by atoms with Crippen LogP contribution < -0.4 is 0 Å². The van der Waals surface area contributed by atoms with Gasteiger partial charge in [0.05, 0.1) is 5.41 Å². The van der Waals surface area contributed by atoms with Crippen LogP contribution in [0.2, 0.25) is 0 Å². The van der Waals surface area contributed by atoms with Crippen LogP contribution in [0.1, 0.15) is 48.5 Å². The Kier molecular flexibility index (Phi) is 4.82. The fourth-order valence-electron chi connectivity index (χ4n) is 1.78. The van der Waals surface area contributed by atoms with Crippen molar-refractivity contribution in [1.29, 1.82) is 0 Å². The topological polar surface area (TPSA) is 20.3 Å². The Hall–Kier alpha value is -0.530. The Morgan fingerprint density at radius 2 is 1.33 bits per heavy atom. The Morgan fingerprint density at radius 3 is 1.53 bits per heavy atom. The molecule has 2 heteroatoms. The molecule has 0 radical (unpaired) electrons. The summed E-state index contributed by atoms with van der Waals surface area (Å²) in [6.07, 6.45) is 0. The van der Waals surface area contributed by atoms with E-state index in [0.29, 0.717) is 11.8 Å². The third-order valence-electron chi connectivity index (χ3n) is 3.95. The molecule has 0 aromatic rings. The van der Waals surface area contributed by atoms with Crippen LogP contribution in [0.3, 0.4) is 0 Å². The molecule has 15 heavy (non-hydrogen) atoms. The van der Waals surface area contributed by atoms with Crippen molar-refractivity contribution >= 4 is 5.91 Å². The minimum absolute atomic E-state index is 0.251. The van der Waals surface area contributed by atoms with Crippen LogP contribution in [0.4, 0.5) is 0 Å². The average Bonchev–Trinajstić information content (AvgIpc) is 2.13. The van der Waals surface area contributed by atoms with Crippen LogP contribution in [0.15, 0.2) is 0 Å². The average molecular weight is 213 g/mol. The van der Waals surface area contributed by atoms with Gasteiger partial charge in [0.15, 0.2) is 0 Å². The van der Waals surface area contributed by atoms with Gasteiger partial charge in [-0.3, -0.25) is 4.79 Å². The molecule has 0 fully saturated rings. The first-order chi connectivity index (χ1) is 6.65. The molecule has 90 valence electrons. The lowest BCUT2D eigenvalue weighted by Crippen LogP contribution is -2.48. The van der Waals surface area contributed by atoms with Crippen molar-refractivity contribution in [3.63, 3.8) is 0 Å². The quantitative estimate of drug-likeness (QED) is 0.702. The molecule has 0 atom stereocenters. The van der Waals surface area contributed by atoms with Crippen molar-refractivity contribution in [3.05, 3.63) is 0 Å². The monoisotopic (exact) mass is 213 g/mol. The van der Waals surface area contributed by atoms with Crippen molar-refractivity contribution in [1.82, 2.24) is 4.90 Å². The molecule has 0 aliphatic rings. The lowest BCUT2D eigenvalue weighted by Gasteiger charge is -2.40. The summed E-state index contributed by atoms with van der Waals surface area (Å²) >= 11 is 0. The highest BCUT2D eigenvalue weighted by Crippen LogP contribution is 2.37. The molecule has 2 nitrogen and oxygen atoms in total.